The topological polar surface area (TPSA) is 114 Å². The number of aromatic nitrogens is 3. The first kappa shape index (κ1) is 18.8. The molecule has 0 spiro atoms. The molecule has 148 valence electrons. The van der Waals surface area contributed by atoms with Crippen molar-refractivity contribution in [2.24, 2.45) is 5.73 Å². The van der Waals surface area contributed by atoms with Crippen molar-refractivity contribution in [3.8, 4) is 0 Å². The van der Waals surface area contributed by atoms with Gasteiger partial charge in [-0.2, -0.15) is 0 Å². The molecule has 4 rings (SSSR count). The fraction of sp³-hybridized carbons (Fsp3) is 0.474. The number of piperidine rings is 1. The van der Waals surface area contributed by atoms with Crippen molar-refractivity contribution in [1.29, 1.82) is 0 Å². The average Bonchev–Trinajstić information content (AvgIpc) is 3.29. The van der Waals surface area contributed by atoms with Crippen LogP contribution in [-0.2, 0) is 9.59 Å². The maximum atomic E-state index is 12.5. The van der Waals surface area contributed by atoms with Crippen LogP contribution in [0.15, 0.2) is 17.6 Å². The molecule has 1 saturated heterocycles. The lowest BCUT2D eigenvalue weighted by Gasteiger charge is -2.34. The van der Waals surface area contributed by atoms with Gasteiger partial charge in [-0.3, -0.25) is 14.6 Å². The third kappa shape index (κ3) is 3.35. The fourth-order valence-electron chi connectivity index (χ4n) is 3.94. The molecule has 0 radical (unpaired) electrons. The van der Waals surface area contributed by atoms with Crippen LogP contribution in [0.3, 0.4) is 0 Å². The fourth-order valence-corrected chi connectivity index (χ4v) is 4.83. The average molecular weight is 401 g/mol. The van der Waals surface area contributed by atoms with E-state index in [2.05, 4.69) is 14.5 Å². The molecule has 2 amide bonds. The van der Waals surface area contributed by atoms with Gasteiger partial charge in [0.1, 0.15) is 17.4 Å². The lowest BCUT2D eigenvalue weighted by atomic mass is 10.0. The minimum Gasteiger partial charge on any atom is -0.385 e. The summed E-state index contributed by atoms with van der Waals surface area (Å²) in [6, 6.07) is 1.98. The van der Waals surface area contributed by atoms with E-state index in [1.165, 1.54) is 0 Å². The quantitative estimate of drug-likeness (QED) is 0.680. The summed E-state index contributed by atoms with van der Waals surface area (Å²) >= 11 is 1.60. The molecule has 0 unspecified atom stereocenters. The molecule has 28 heavy (non-hydrogen) atoms. The van der Waals surface area contributed by atoms with Gasteiger partial charge >= 0.3 is 0 Å². The Hall–Kier alpha value is -2.52. The monoisotopic (exact) mass is 401 g/mol. The van der Waals surface area contributed by atoms with Gasteiger partial charge in [0.05, 0.1) is 28.0 Å². The predicted molar refractivity (Wildman–Crippen MR) is 107 cm³/mol. The van der Waals surface area contributed by atoms with E-state index in [1.54, 1.807) is 29.4 Å². The van der Waals surface area contributed by atoms with Gasteiger partial charge in [0, 0.05) is 25.9 Å². The SMILES string of the molecule is C[C@@H](O)c1nc2cnc3ccsc3c2n1[C@H]1CCCN(C(=O)CCC(N)=O)C1. The second-order valence-electron chi connectivity index (χ2n) is 7.25. The minimum atomic E-state index is -0.733. The van der Waals surface area contributed by atoms with Crippen LogP contribution in [0.1, 0.15) is 50.6 Å². The van der Waals surface area contributed by atoms with E-state index >= 15 is 0 Å². The Morgan fingerprint density at radius 1 is 1.39 bits per heavy atom. The predicted octanol–water partition coefficient (Wildman–Crippen LogP) is 2.13. The minimum absolute atomic E-state index is 0.00794. The molecule has 4 heterocycles. The number of nitrogens with two attached hydrogens (primary N) is 1. The van der Waals surface area contributed by atoms with Crippen LogP contribution in [0.25, 0.3) is 21.3 Å². The van der Waals surface area contributed by atoms with Gasteiger partial charge in [-0.25, -0.2) is 4.98 Å². The van der Waals surface area contributed by atoms with E-state index < -0.39 is 12.0 Å². The zero-order chi connectivity index (χ0) is 19.8. The second kappa shape index (κ2) is 7.48. The molecule has 3 aromatic heterocycles. The maximum Gasteiger partial charge on any atom is 0.223 e. The van der Waals surface area contributed by atoms with E-state index in [4.69, 9.17) is 5.73 Å². The van der Waals surface area contributed by atoms with Crippen molar-refractivity contribution in [3.05, 3.63) is 23.5 Å². The highest BCUT2D eigenvalue weighted by molar-refractivity contribution is 7.18. The van der Waals surface area contributed by atoms with Crippen molar-refractivity contribution in [3.63, 3.8) is 0 Å². The normalized spacial score (nSPS) is 18.6. The van der Waals surface area contributed by atoms with E-state index in [-0.39, 0.29) is 24.8 Å². The van der Waals surface area contributed by atoms with Crippen molar-refractivity contribution in [1.82, 2.24) is 19.4 Å². The molecular weight excluding hydrogens is 378 g/mol. The van der Waals surface area contributed by atoms with Gasteiger partial charge < -0.3 is 20.3 Å². The molecule has 8 nitrogen and oxygen atoms in total. The Bertz CT molecular complexity index is 1040. The largest absolute Gasteiger partial charge is 0.385 e. The summed E-state index contributed by atoms with van der Waals surface area (Å²) in [4.78, 5) is 34.4. The molecule has 0 aromatic carbocycles. The number of thiophene rings is 1. The number of primary amides is 1. The summed E-state index contributed by atoms with van der Waals surface area (Å²) in [5, 5.41) is 12.3. The molecular formula is C19H23N5O3S. The van der Waals surface area contributed by atoms with Crippen LogP contribution in [0.2, 0.25) is 0 Å². The molecule has 0 saturated carbocycles. The van der Waals surface area contributed by atoms with Crippen molar-refractivity contribution < 1.29 is 14.7 Å². The molecule has 1 aliphatic heterocycles. The Labute approximate surface area is 166 Å². The number of carbonyl (C=O) groups is 2. The number of amides is 2. The summed E-state index contributed by atoms with van der Waals surface area (Å²) in [5.41, 5.74) is 7.80. The summed E-state index contributed by atoms with van der Waals surface area (Å²) in [6.45, 7) is 2.90. The first-order valence-electron chi connectivity index (χ1n) is 9.44. The van der Waals surface area contributed by atoms with Gasteiger partial charge in [0.2, 0.25) is 11.8 Å². The van der Waals surface area contributed by atoms with Crippen LogP contribution in [0.5, 0.6) is 0 Å². The smallest absolute Gasteiger partial charge is 0.223 e. The van der Waals surface area contributed by atoms with Crippen LogP contribution < -0.4 is 5.73 Å². The highest BCUT2D eigenvalue weighted by Gasteiger charge is 2.29. The zero-order valence-electron chi connectivity index (χ0n) is 15.7. The molecule has 3 aromatic rings. The number of likely N-dealkylation sites (tertiary alicyclic amines) is 1. The van der Waals surface area contributed by atoms with Crippen LogP contribution in [0.4, 0.5) is 0 Å². The number of fused-ring (bicyclic) bond motifs is 3. The number of aliphatic hydroxyl groups excluding tert-OH is 1. The third-order valence-electron chi connectivity index (χ3n) is 5.22. The first-order valence-corrected chi connectivity index (χ1v) is 10.3. The summed E-state index contributed by atoms with van der Waals surface area (Å²) < 4.78 is 3.13. The van der Waals surface area contributed by atoms with Gasteiger partial charge in [-0.15, -0.1) is 11.3 Å². The molecule has 3 N–H and O–H groups in total. The van der Waals surface area contributed by atoms with Gasteiger partial charge in [0.15, 0.2) is 0 Å². The number of rotatable bonds is 5. The standard InChI is InChI=1S/C19H23N5O3S/c1-11(25)19-22-14-9-21-13-6-8-28-18(13)17(14)24(19)12-3-2-7-23(10-12)16(27)5-4-15(20)26/h6,8-9,11-12,25H,2-5,7,10H2,1H3,(H2,20,26)/t11-,12+/m1/s1. The van der Waals surface area contributed by atoms with Crippen LogP contribution in [0, 0.1) is 0 Å². The lowest BCUT2D eigenvalue weighted by Crippen LogP contribution is -2.41. The molecule has 1 fully saturated rings. The molecule has 0 aliphatic carbocycles. The van der Waals surface area contributed by atoms with Crippen molar-refractivity contribution >= 4 is 44.4 Å². The summed E-state index contributed by atoms with van der Waals surface area (Å²) in [7, 11) is 0. The lowest BCUT2D eigenvalue weighted by molar-refractivity contribution is -0.134. The van der Waals surface area contributed by atoms with E-state index in [0.717, 1.165) is 34.1 Å². The van der Waals surface area contributed by atoms with Gasteiger partial charge in [-0.1, -0.05) is 0 Å². The van der Waals surface area contributed by atoms with E-state index in [9.17, 15) is 14.7 Å². The Morgan fingerprint density at radius 3 is 2.96 bits per heavy atom. The Morgan fingerprint density at radius 2 is 2.21 bits per heavy atom. The number of carbonyl (C=O) groups excluding carboxylic acids is 2. The summed E-state index contributed by atoms with van der Waals surface area (Å²) in [5.74, 6) is 0.0649. The zero-order valence-corrected chi connectivity index (χ0v) is 16.5. The molecule has 0 bridgehead atoms. The molecule has 2 atom stereocenters. The number of hydrogen-bond donors (Lipinski definition) is 2. The third-order valence-corrected chi connectivity index (χ3v) is 6.13. The highest BCUT2D eigenvalue weighted by Crippen LogP contribution is 2.35. The van der Waals surface area contributed by atoms with Crippen molar-refractivity contribution in [2.75, 3.05) is 13.1 Å². The summed E-state index contributed by atoms with van der Waals surface area (Å²) in [6.07, 6.45) is 2.95. The molecule has 9 heteroatoms. The maximum absolute atomic E-state index is 12.5. The first-order chi connectivity index (χ1) is 13.5. The second-order valence-corrected chi connectivity index (χ2v) is 8.16. The number of pyridine rings is 1. The van der Waals surface area contributed by atoms with E-state index in [0.29, 0.717) is 18.9 Å². The van der Waals surface area contributed by atoms with Gasteiger partial charge in [-0.05, 0) is 31.2 Å². The number of aliphatic hydroxyl groups is 1. The molecule has 1 aliphatic rings. The van der Waals surface area contributed by atoms with E-state index in [1.807, 2.05) is 11.4 Å². The van der Waals surface area contributed by atoms with Crippen LogP contribution >= 0.6 is 11.3 Å². The van der Waals surface area contributed by atoms with Crippen molar-refractivity contribution in [2.45, 2.75) is 44.8 Å². The highest BCUT2D eigenvalue weighted by atomic mass is 32.1. The van der Waals surface area contributed by atoms with Crippen LogP contribution in [-0.4, -0.2) is 49.4 Å². The Balaban J connectivity index is 1.73. The van der Waals surface area contributed by atoms with Gasteiger partial charge in [0.25, 0.3) is 0 Å². The number of imidazole rings is 1. The number of nitrogens with zero attached hydrogens (tertiary/aromatic N) is 4. The number of hydrogen-bond acceptors (Lipinski definition) is 6. The Kier molecular flexibility index (Phi) is 5.03.